The van der Waals surface area contributed by atoms with Crippen molar-refractivity contribution in [2.24, 2.45) is 5.92 Å². The van der Waals surface area contributed by atoms with E-state index >= 15 is 0 Å². The molecule has 2 unspecified atom stereocenters. The molecule has 0 saturated carbocycles. The topological polar surface area (TPSA) is 49.4 Å². The predicted molar refractivity (Wildman–Crippen MR) is 78.2 cm³/mol. The summed E-state index contributed by atoms with van der Waals surface area (Å²) in [7, 11) is 3.99. The van der Waals surface area contributed by atoms with E-state index in [4.69, 9.17) is 0 Å². The lowest BCUT2D eigenvalue weighted by molar-refractivity contribution is -0.141. The molecule has 4 heteroatoms. The van der Waals surface area contributed by atoms with Crippen molar-refractivity contribution >= 4 is 11.8 Å². The van der Waals surface area contributed by atoms with Crippen molar-refractivity contribution < 1.29 is 9.59 Å². The zero-order chi connectivity index (χ0) is 14.8. The molecule has 1 aromatic carbocycles. The minimum Gasteiger partial charge on any atom is -0.309 e. The van der Waals surface area contributed by atoms with Crippen LogP contribution in [-0.2, 0) is 15.0 Å². The lowest BCUT2D eigenvalue weighted by Gasteiger charge is -2.39. The molecular weight excluding hydrogens is 252 g/mol. The third-order valence-corrected chi connectivity index (χ3v) is 4.09. The van der Waals surface area contributed by atoms with Crippen LogP contribution in [0.25, 0.3) is 0 Å². The Hall–Kier alpha value is -1.68. The Morgan fingerprint density at radius 3 is 2.50 bits per heavy atom. The van der Waals surface area contributed by atoms with Gasteiger partial charge in [-0.05, 0) is 39.0 Å². The summed E-state index contributed by atoms with van der Waals surface area (Å²) in [5.41, 5.74) is 0.400. The first-order valence-corrected chi connectivity index (χ1v) is 7.01. The standard InChI is InChI=1S/C16H22N2O2/c1-12-11-16(9-10-18(2)3,15(20)17-14(12)19)13-7-5-4-6-8-13/h4-8,12H,9-11H2,1-3H3,(H,17,19,20). The maximum absolute atomic E-state index is 12.5. The molecule has 108 valence electrons. The lowest BCUT2D eigenvalue weighted by Crippen LogP contribution is -2.55. The highest BCUT2D eigenvalue weighted by Gasteiger charge is 2.46. The average molecular weight is 274 g/mol. The van der Waals surface area contributed by atoms with Crippen LogP contribution < -0.4 is 5.32 Å². The van der Waals surface area contributed by atoms with Gasteiger partial charge in [-0.2, -0.15) is 0 Å². The largest absolute Gasteiger partial charge is 0.309 e. The molecule has 0 aliphatic carbocycles. The van der Waals surface area contributed by atoms with E-state index in [0.717, 1.165) is 12.1 Å². The number of carbonyl (C=O) groups excluding carboxylic acids is 2. The number of benzene rings is 1. The average Bonchev–Trinajstić information content (AvgIpc) is 2.42. The molecule has 0 spiro atoms. The zero-order valence-corrected chi connectivity index (χ0v) is 12.3. The van der Waals surface area contributed by atoms with Crippen molar-refractivity contribution in [3.63, 3.8) is 0 Å². The van der Waals surface area contributed by atoms with Crippen molar-refractivity contribution in [3.8, 4) is 0 Å². The van der Waals surface area contributed by atoms with Gasteiger partial charge in [0.1, 0.15) is 0 Å². The number of hydrogen-bond donors (Lipinski definition) is 1. The molecule has 1 saturated heterocycles. The van der Waals surface area contributed by atoms with Crippen LogP contribution in [0.1, 0.15) is 25.3 Å². The van der Waals surface area contributed by atoms with Gasteiger partial charge in [0, 0.05) is 5.92 Å². The van der Waals surface area contributed by atoms with E-state index in [1.807, 2.05) is 51.4 Å². The normalized spacial score (nSPS) is 26.7. The number of carbonyl (C=O) groups is 2. The highest BCUT2D eigenvalue weighted by Crippen LogP contribution is 2.38. The van der Waals surface area contributed by atoms with E-state index in [9.17, 15) is 9.59 Å². The fraction of sp³-hybridized carbons (Fsp3) is 0.500. The molecule has 1 N–H and O–H groups in total. The fourth-order valence-electron chi connectivity index (χ4n) is 2.84. The molecule has 1 aliphatic heterocycles. The Kier molecular flexibility index (Phi) is 4.23. The SMILES string of the molecule is CC1CC(CCN(C)C)(c2ccccc2)C(=O)NC1=O. The summed E-state index contributed by atoms with van der Waals surface area (Å²) >= 11 is 0. The zero-order valence-electron chi connectivity index (χ0n) is 12.3. The van der Waals surface area contributed by atoms with Gasteiger partial charge < -0.3 is 4.90 Å². The Labute approximate surface area is 120 Å². The monoisotopic (exact) mass is 274 g/mol. The summed E-state index contributed by atoms with van der Waals surface area (Å²) in [6.07, 6.45) is 1.29. The predicted octanol–water partition coefficient (Wildman–Crippen LogP) is 1.56. The number of imide groups is 1. The molecule has 2 rings (SSSR count). The first kappa shape index (κ1) is 14.7. The number of piperidine rings is 1. The summed E-state index contributed by atoms with van der Waals surface area (Å²) in [6.45, 7) is 2.69. The van der Waals surface area contributed by atoms with Crippen molar-refractivity contribution in [1.29, 1.82) is 0 Å². The van der Waals surface area contributed by atoms with Crippen LogP contribution in [0.4, 0.5) is 0 Å². The Balaban J connectivity index is 2.38. The molecular formula is C16H22N2O2. The van der Waals surface area contributed by atoms with Crippen LogP contribution in [0.2, 0.25) is 0 Å². The quantitative estimate of drug-likeness (QED) is 0.848. The van der Waals surface area contributed by atoms with E-state index in [2.05, 4.69) is 10.2 Å². The summed E-state index contributed by atoms with van der Waals surface area (Å²) in [5, 5.41) is 2.55. The van der Waals surface area contributed by atoms with Gasteiger partial charge in [0.05, 0.1) is 5.41 Å². The highest BCUT2D eigenvalue weighted by molar-refractivity contribution is 6.04. The van der Waals surface area contributed by atoms with Crippen molar-refractivity contribution in [2.45, 2.75) is 25.2 Å². The van der Waals surface area contributed by atoms with Crippen molar-refractivity contribution in [2.75, 3.05) is 20.6 Å². The van der Waals surface area contributed by atoms with Gasteiger partial charge in [-0.25, -0.2) is 0 Å². The van der Waals surface area contributed by atoms with Gasteiger partial charge in [0.15, 0.2) is 0 Å². The van der Waals surface area contributed by atoms with Gasteiger partial charge in [-0.3, -0.25) is 14.9 Å². The van der Waals surface area contributed by atoms with E-state index in [0.29, 0.717) is 12.8 Å². The molecule has 2 amide bonds. The molecule has 1 heterocycles. The number of nitrogens with one attached hydrogen (secondary N) is 1. The lowest BCUT2D eigenvalue weighted by atomic mass is 9.68. The van der Waals surface area contributed by atoms with Crippen LogP contribution >= 0.6 is 0 Å². The third-order valence-electron chi connectivity index (χ3n) is 4.09. The Bertz CT molecular complexity index is 498. The maximum Gasteiger partial charge on any atom is 0.237 e. The second kappa shape index (κ2) is 5.75. The second-order valence-corrected chi connectivity index (χ2v) is 5.92. The van der Waals surface area contributed by atoms with Crippen LogP contribution in [0.5, 0.6) is 0 Å². The molecule has 2 atom stereocenters. The van der Waals surface area contributed by atoms with Gasteiger partial charge in [0.25, 0.3) is 0 Å². The minimum absolute atomic E-state index is 0.143. The van der Waals surface area contributed by atoms with E-state index in [-0.39, 0.29) is 17.7 Å². The first-order valence-electron chi connectivity index (χ1n) is 7.01. The molecule has 1 fully saturated rings. The third kappa shape index (κ3) is 2.75. The maximum atomic E-state index is 12.5. The highest BCUT2D eigenvalue weighted by atomic mass is 16.2. The van der Waals surface area contributed by atoms with Crippen molar-refractivity contribution in [3.05, 3.63) is 35.9 Å². The van der Waals surface area contributed by atoms with E-state index < -0.39 is 5.41 Å². The van der Waals surface area contributed by atoms with Gasteiger partial charge in [-0.1, -0.05) is 37.3 Å². The van der Waals surface area contributed by atoms with Crippen LogP contribution in [0.15, 0.2) is 30.3 Å². The molecule has 0 radical (unpaired) electrons. The summed E-state index contributed by atoms with van der Waals surface area (Å²) in [4.78, 5) is 26.3. The smallest absolute Gasteiger partial charge is 0.237 e. The van der Waals surface area contributed by atoms with Crippen molar-refractivity contribution in [1.82, 2.24) is 10.2 Å². The van der Waals surface area contributed by atoms with Gasteiger partial charge in [-0.15, -0.1) is 0 Å². The van der Waals surface area contributed by atoms with Gasteiger partial charge in [0.2, 0.25) is 11.8 Å². The number of rotatable bonds is 4. The summed E-state index contributed by atoms with van der Waals surface area (Å²) in [6, 6.07) is 9.80. The van der Waals surface area contributed by atoms with E-state index in [1.54, 1.807) is 0 Å². The number of hydrogen-bond acceptors (Lipinski definition) is 3. The summed E-state index contributed by atoms with van der Waals surface area (Å²) in [5.74, 6) is -0.463. The number of nitrogens with zero attached hydrogens (tertiary/aromatic N) is 1. The first-order chi connectivity index (χ1) is 9.45. The van der Waals surface area contributed by atoms with Crippen LogP contribution in [0.3, 0.4) is 0 Å². The Morgan fingerprint density at radius 2 is 1.90 bits per heavy atom. The number of amides is 2. The Morgan fingerprint density at radius 1 is 1.25 bits per heavy atom. The van der Waals surface area contributed by atoms with Crippen LogP contribution in [-0.4, -0.2) is 37.4 Å². The molecule has 0 aromatic heterocycles. The molecule has 1 aromatic rings. The van der Waals surface area contributed by atoms with Crippen LogP contribution in [0, 0.1) is 5.92 Å². The molecule has 20 heavy (non-hydrogen) atoms. The molecule has 0 bridgehead atoms. The molecule has 4 nitrogen and oxygen atoms in total. The second-order valence-electron chi connectivity index (χ2n) is 5.92. The van der Waals surface area contributed by atoms with E-state index in [1.165, 1.54) is 0 Å². The van der Waals surface area contributed by atoms with Gasteiger partial charge >= 0.3 is 0 Å². The fourth-order valence-corrected chi connectivity index (χ4v) is 2.84. The summed E-state index contributed by atoms with van der Waals surface area (Å²) < 4.78 is 0. The molecule has 1 aliphatic rings. The minimum atomic E-state index is -0.598.